The number of aryl methyl sites for hydroxylation is 1. The average molecular weight is 289 g/mol. The third-order valence-electron chi connectivity index (χ3n) is 4.42. The summed E-state index contributed by atoms with van der Waals surface area (Å²) in [5, 5.41) is 0. The Kier molecular flexibility index (Phi) is 4.60. The number of hydrogen-bond donors (Lipinski definition) is 0. The van der Waals surface area contributed by atoms with Gasteiger partial charge in [-0.15, -0.1) is 0 Å². The van der Waals surface area contributed by atoms with Crippen LogP contribution in [0.2, 0.25) is 0 Å². The van der Waals surface area contributed by atoms with Gasteiger partial charge in [-0.25, -0.2) is 0 Å². The van der Waals surface area contributed by atoms with Crippen LogP contribution in [0.15, 0.2) is 18.2 Å². The molecule has 2 rings (SSSR count). The molecule has 116 valence electrons. The largest absolute Gasteiger partial charge is 0.481 e. The molecule has 1 aromatic rings. The van der Waals surface area contributed by atoms with Crippen molar-refractivity contribution in [1.29, 1.82) is 0 Å². The number of benzene rings is 1. The van der Waals surface area contributed by atoms with Gasteiger partial charge in [-0.05, 0) is 56.2 Å². The van der Waals surface area contributed by atoms with Crippen molar-refractivity contribution >= 4 is 5.91 Å². The Hall–Kier alpha value is -1.51. The summed E-state index contributed by atoms with van der Waals surface area (Å²) in [4.78, 5) is 14.5. The van der Waals surface area contributed by atoms with Crippen LogP contribution in [-0.4, -0.2) is 30.0 Å². The van der Waals surface area contributed by atoms with Crippen molar-refractivity contribution < 1.29 is 9.53 Å². The van der Waals surface area contributed by atoms with Crippen molar-refractivity contribution in [2.75, 3.05) is 13.1 Å². The van der Waals surface area contributed by atoms with Crippen molar-refractivity contribution in [3.63, 3.8) is 0 Å². The number of hydrogen-bond acceptors (Lipinski definition) is 2. The molecule has 0 spiro atoms. The molecule has 1 atom stereocenters. The quantitative estimate of drug-likeness (QED) is 0.848. The second-order valence-electron chi connectivity index (χ2n) is 6.99. The zero-order chi connectivity index (χ0) is 15.6. The van der Waals surface area contributed by atoms with Gasteiger partial charge in [-0.2, -0.15) is 0 Å². The maximum atomic E-state index is 12.6. The predicted molar refractivity (Wildman–Crippen MR) is 85.6 cm³/mol. The van der Waals surface area contributed by atoms with Crippen LogP contribution in [0.3, 0.4) is 0 Å². The Morgan fingerprint density at radius 2 is 2.05 bits per heavy atom. The SMILES string of the molecule is Cc1cccc(OC(C)C(=O)N2CCCC(C)(C)C2)c1C. The minimum atomic E-state index is -0.431. The van der Waals surface area contributed by atoms with Gasteiger partial charge < -0.3 is 9.64 Å². The molecule has 1 amide bonds. The topological polar surface area (TPSA) is 29.5 Å². The van der Waals surface area contributed by atoms with E-state index in [2.05, 4.69) is 26.8 Å². The van der Waals surface area contributed by atoms with E-state index in [1.807, 2.05) is 30.9 Å². The minimum absolute atomic E-state index is 0.101. The van der Waals surface area contributed by atoms with Gasteiger partial charge in [0.05, 0.1) is 0 Å². The standard InChI is InChI=1S/C18H27NO2/c1-13-8-6-9-16(14(13)2)21-15(3)17(20)19-11-7-10-18(4,5)12-19/h6,8-9,15H,7,10-12H2,1-5H3. The number of piperidine rings is 1. The summed E-state index contributed by atoms with van der Waals surface area (Å²) in [7, 11) is 0. The van der Waals surface area contributed by atoms with E-state index in [4.69, 9.17) is 4.74 Å². The van der Waals surface area contributed by atoms with Crippen molar-refractivity contribution in [1.82, 2.24) is 4.90 Å². The maximum Gasteiger partial charge on any atom is 0.263 e. The summed E-state index contributed by atoms with van der Waals surface area (Å²) in [6.07, 6.45) is 1.83. The van der Waals surface area contributed by atoms with E-state index in [1.165, 1.54) is 12.0 Å². The fourth-order valence-corrected chi connectivity index (χ4v) is 2.96. The van der Waals surface area contributed by atoms with E-state index in [0.717, 1.165) is 30.8 Å². The number of carbonyl (C=O) groups is 1. The summed E-state index contributed by atoms with van der Waals surface area (Å²) in [5.41, 5.74) is 2.51. The van der Waals surface area contributed by atoms with E-state index in [-0.39, 0.29) is 11.3 Å². The van der Waals surface area contributed by atoms with E-state index in [1.54, 1.807) is 0 Å². The highest BCUT2D eigenvalue weighted by atomic mass is 16.5. The van der Waals surface area contributed by atoms with E-state index >= 15 is 0 Å². The number of rotatable bonds is 3. The lowest BCUT2D eigenvalue weighted by atomic mass is 9.84. The second kappa shape index (κ2) is 6.08. The van der Waals surface area contributed by atoms with Crippen molar-refractivity contribution in [2.45, 2.75) is 53.6 Å². The number of ether oxygens (including phenoxy) is 1. The minimum Gasteiger partial charge on any atom is -0.481 e. The monoisotopic (exact) mass is 289 g/mol. The van der Waals surface area contributed by atoms with Crippen molar-refractivity contribution in [3.05, 3.63) is 29.3 Å². The fraction of sp³-hybridized carbons (Fsp3) is 0.611. The smallest absolute Gasteiger partial charge is 0.263 e. The highest BCUT2D eigenvalue weighted by molar-refractivity contribution is 5.81. The van der Waals surface area contributed by atoms with E-state index in [0.29, 0.717) is 0 Å². The zero-order valence-electron chi connectivity index (χ0n) is 13.9. The Balaban J connectivity index is 2.04. The summed E-state index contributed by atoms with van der Waals surface area (Å²) < 4.78 is 5.92. The fourth-order valence-electron chi connectivity index (χ4n) is 2.96. The first kappa shape index (κ1) is 15.9. The molecule has 21 heavy (non-hydrogen) atoms. The molecule has 3 heteroatoms. The van der Waals surface area contributed by atoms with Crippen LogP contribution in [0.5, 0.6) is 5.75 Å². The molecule has 0 N–H and O–H groups in total. The number of amides is 1. The molecule has 3 nitrogen and oxygen atoms in total. The van der Waals surface area contributed by atoms with E-state index < -0.39 is 6.10 Å². The zero-order valence-corrected chi connectivity index (χ0v) is 13.9. The van der Waals surface area contributed by atoms with Crippen LogP contribution in [-0.2, 0) is 4.79 Å². The molecule has 1 saturated heterocycles. The Labute approximate surface area is 128 Å². The third-order valence-corrected chi connectivity index (χ3v) is 4.42. The lowest BCUT2D eigenvalue weighted by Gasteiger charge is -2.39. The maximum absolute atomic E-state index is 12.6. The highest BCUT2D eigenvalue weighted by Crippen LogP contribution is 2.29. The van der Waals surface area contributed by atoms with Crippen LogP contribution in [0.25, 0.3) is 0 Å². The first-order valence-electron chi connectivity index (χ1n) is 7.82. The lowest BCUT2D eigenvalue weighted by Crippen LogP contribution is -2.48. The number of likely N-dealkylation sites (tertiary alicyclic amines) is 1. The van der Waals surface area contributed by atoms with Gasteiger partial charge >= 0.3 is 0 Å². The van der Waals surface area contributed by atoms with Crippen LogP contribution in [0.4, 0.5) is 0 Å². The molecule has 1 aromatic carbocycles. The van der Waals surface area contributed by atoms with Gasteiger partial charge in [-0.1, -0.05) is 26.0 Å². The Morgan fingerprint density at radius 1 is 1.33 bits per heavy atom. The molecule has 1 unspecified atom stereocenters. The van der Waals surface area contributed by atoms with E-state index in [9.17, 15) is 4.79 Å². The molecular weight excluding hydrogens is 262 g/mol. The normalized spacial score (nSPS) is 19.2. The summed E-state index contributed by atoms with van der Waals surface area (Å²) in [5.74, 6) is 0.913. The predicted octanol–water partition coefficient (Wildman–Crippen LogP) is 3.72. The van der Waals surface area contributed by atoms with Gasteiger partial charge in [0.2, 0.25) is 0 Å². The van der Waals surface area contributed by atoms with Gasteiger partial charge in [0.25, 0.3) is 5.91 Å². The molecule has 0 saturated carbocycles. The summed E-state index contributed by atoms with van der Waals surface area (Å²) in [6, 6.07) is 5.97. The second-order valence-corrected chi connectivity index (χ2v) is 6.99. The first-order valence-corrected chi connectivity index (χ1v) is 7.82. The van der Waals surface area contributed by atoms with Gasteiger partial charge in [0.1, 0.15) is 5.75 Å². The Bertz CT molecular complexity index is 522. The molecule has 0 aliphatic carbocycles. The van der Waals surface area contributed by atoms with Gasteiger partial charge in [-0.3, -0.25) is 4.79 Å². The van der Waals surface area contributed by atoms with Crippen LogP contribution >= 0.6 is 0 Å². The van der Waals surface area contributed by atoms with Crippen molar-refractivity contribution in [3.8, 4) is 5.75 Å². The van der Waals surface area contributed by atoms with Gasteiger partial charge in [0, 0.05) is 13.1 Å². The highest BCUT2D eigenvalue weighted by Gasteiger charge is 2.31. The molecule has 1 aliphatic heterocycles. The Morgan fingerprint density at radius 3 is 2.71 bits per heavy atom. The molecule has 1 heterocycles. The van der Waals surface area contributed by atoms with Gasteiger partial charge in [0.15, 0.2) is 6.10 Å². The number of carbonyl (C=O) groups excluding carboxylic acids is 1. The van der Waals surface area contributed by atoms with Crippen LogP contribution < -0.4 is 4.74 Å². The first-order chi connectivity index (χ1) is 9.80. The molecule has 0 bridgehead atoms. The lowest BCUT2D eigenvalue weighted by molar-refractivity contribution is -0.141. The molecule has 1 aliphatic rings. The summed E-state index contributed by atoms with van der Waals surface area (Å²) >= 11 is 0. The molecule has 0 radical (unpaired) electrons. The van der Waals surface area contributed by atoms with Crippen LogP contribution in [0, 0.1) is 19.3 Å². The molecule has 0 aromatic heterocycles. The number of nitrogens with zero attached hydrogens (tertiary/aromatic N) is 1. The van der Waals surface area contributed by atoms with Crippen molar-refractivity contribution in [2.24, 2.45) is 5.41 Å². The average Bonchev–Trinajstić information content (AvgIpc) is 2.42. The molecule has 1 fully saturated rings. The van der Waals surface area contributed by atoms with Crippen LogP contribution in [0.1, 0.15) is 44.7 Å². The third kappa shape index (κ3) is 3.78. The summed E-state index contributed by atoms with van der Waals surface area (Å²) in [6.45, 7) is 12.1. The molecular formula is C18H27NO2.